The zero-order valence-electron chi connectivity index (χ0n) is 15.7. The smallest absolute Gasteiger partial charge is 0.0786 e. The number of halogens is 1. The van der Waals surface area contributed by atoms with Gasteiger partial charge < -0.3 is 21.5 Å². The fraction of sp³-hybridized carbons (Fsp3) is 0.714. The number of unbranched alkanes of at least 4 members (excludes halogenated alkanes) is 5. The molecule has 0 aliphatic heterocycles. The molecule has 1 rings (SSSR count). The van der Waals surface area contributed by atoms with Crippen LogP contribution >= 0.6 is 0 Å². The van der Waals surface area contributed by atoms with Crippen LogP contribution in [0.2, 0.25) is 0 Å². The first-order chi connectivity index (χ1) is 10.8. The Morgan fingerprint density at radius 2 is 1.26 bits per heavy atom. The van der Waals surface area contributed by atoms with E-state index in [2.05, 4.69) is 51.1 Å². The Kier molecular flexibility index (Phi) is 13.8. The van der Waals surface area contributed by atoms with Crippen LogP contribution in [-0.2, 0) is 6.42 Å². The molecule has 1 aromatic rings. The summed E-state index contributed by atoms with van der Waals surface area (Å²) in [5.74, 6) is 0. The first-order valence-corrected chi connectivity index (χ1v) is 9.65. The van der Waals surface area contributed by atoms with E-state index in [0.717, 1.165) is 0 Å². The molecule has 0 amide bonds. The Bertz CT molecular complexity index is 359. The van der Waals surface area contributed by atoms with Crippen LogP contribution in [0.5, 0.6) is 0 Å². The Balaban J connectivity index is 0.00000484. The predicted octanol–water partition coefficient (Wildman–Crippen LogP) is 2.84. The fourth-order valence-corrected chi connectivity index (χ4v) is 3.44. The van der Waals surface area contributed by atoms with Gasteiger partial charge in [0.1, 0.15) is 0 Å². The highest BCUT2D eigenvalue weighted by molar-refractivity contribution is 5.14. The normalized spacial score (nSPS) is 11.3. The van der Waals surface area contributed by atoms with Crippen LogP contribution in [0.25, 0.3) is 0 Å². The van der Waals surface area contributed by atoms with Gasteiger partial charge in [-0.2, -0.15) is 0 Å². The average molecular weight is 384 g/mol. The van der Waals surface area contributed by atoms with E-state index in [1.54, 1.807) is 0 Å². The fourth-order valence-electron chi connectivity index (χ4n) is 3.44. The molecule has 0 aliphatic rings. The summed E-state index contributed by atoms with van der Waals surface area (Å²) < 4.78 is 1.33. The highest BCUT2D eigenvalue weighted by Crippen LogP contribution is 2.14. The van der Waals surface area contributed by atoms with Crippen LogP contribution in [0.15, 0.2) is 30.3 Å². The average Bonchev–Trinajstić information content (AvgIpc) is 2.58. The van der Waals surface area contributed by atoms with Gasteiger partial charge in [0, 0.05) is 0 Å². The molecule has 0 atom stereocenters. The minimum atomic E-state index is 0. The topological polar surface area (TPSA) is 0 Å². The highest BCUT2D eigenvalue weighted by atomic mass is 79.9. The molecule has 0 heterocycles. The van der Waals surface area contributed by atoms with Crippen molar-refractivity contribution < 1.29 is 21.5 Å². The largest absolute Gasteiger partial charge is 1.00 e. The SMILES string of the molecule is CCCCCCC[N+](CC)(CC)CCCCc1ccccc1.[Br-]. The van der Waals surface area contributed by atoms with Crippen LogP contribution in [0.1, 0.15) is 71.3 Å². The second kappa shape index (κ2) is 14.0. The van der Waals surface area contributed by atoms with Crippen LogP contribution in [0, 0.1) is 0 Å². The van der Waals surface area contributed by atoms with Gasteiger partial charge in [0.25, 0.3) is 0 Å². The third-order valence-electron chi connectivity index (χ3n) is 5.27. The van der Waals surface area contributed by atoms with Gasteiger partial charge in [-0.3, -0.25) is 0 Å². The molecule has 0 saturated heterocycles. The molecule has 0 aromatic heterocycles. The Labute approximate surface area is 155 Å². The molecule has 2 heteroatoms. The summed E-state index contributed by atoms with van der Waals surface area (Å²) in [6, 6.07) is 10.9. The van der Waals surface area contributed by atoms with E-state index in [9.17, 15) is 0 Å². The predicted molar refractivity (Wildman–Crippen MR) is 99.2 cm³/mol. The lowest BCUT2D eigenvalue weighted by Crippen LogP contribution is -3.00. The summed E-state index contributed by atoms with van der Waals surface area (Å²) >= 11 is 0. The summed E-state index contributed by atoms with van der Waals surface area (Å²) in [6.07, 6.45) is 11.0. The molecule has 0 fully saturated rings. The molecule has 0 aliphatic carbocycles. The maximum absolute atomic E-state index is 2.38. The van der Waals surface area contributed by atoms with Gasteiger partial charge in [-0.15, -0.1) is 0 Å². The monoisotopic (exact) mass is 383 g/mol. The number of aryl methyl sites for hydroxylation is 1. The van der Waals surface area contributed by atoms with Crippen LogP contribution in [0.3, 0.4) is 0 Å². The number of hydrogen-bond acceptors (Lipinski definition) is 0. The first kappa shape index (κ1) is 22.7. The molecule has 0 N–H and O–H groups in total. The maximum atomic E-state index is 2.38. The van der Waals surface area contributed by atoms with Crippen LogP contribution < -0.4 is 17.0 Å². The van der Waals surface area contributed by atoms with Gasteiger partial charge in [0.15, 0.2) is 0 Å². The minimum Gasteiger partial charge on any atom is -1.00 e. The third kappa shape index (κ3) is 9.52. The summed E-state index contributed by atoms with van der Waals surface area (Å²) in [5, 5.41) is 0. The van der Waals surface area contributed by atoms with Gasteiger partial charge in [-0.1, -0.05) is 56.5 Å². The minimum absolute atomic E-state index is 0. The van der Waals surface area contributed by atoms with E-state index < -0.39 is 0 Å². The lowest BCUT2D eigenvalue weighted by Gasteiger charge is -2.37. The summed E-state index contributed by atoms with van der Waals surface area (Å²) in [4.78, 5) is 0. The van der Waals surface area contributed by atoms with Gasteiger partial charge in [-0.05, 0) is 51.5 Å². The maximum Gasteiger partial charge on any atom is 0.0786 e. The van der Waals surface area contributed by atoms with Gasteiger partial charge >= 0.3 is 0 Å². The summed E-state index contributed by atoms with van der Waals surface area (Å²) in [7, 11) is 0. The van der Waals surface area contributed by atoms with Crippen molar-refractivity contribution in [3.8, 4) is 0 Å². The van der Waals surface area contributed by atoms with Crippen molar-refractivity contribution in [2.24, 2.45) is 0 Å². The highest BCUT2D eigenvalue weighted by Gasteiger charge is 2.21. The van der Waals surface area contributed by atoms with Crippen molar-refractivity contribution in [1.82, 2.24) is 0 Å². The lowest BCUT2D eigenvalue weighted by molar-refractivity contribution is -0.925. The lowest BCUT2D eigenvalue weighted by atomic mass is 10.1. The standard InChI is InChI=1S/C21H38N.BrH/c1-4-7-8-9-14-19-22(5-2,6-3)20-15-13-18-21-16-11-10-12-17-21;/h10-12,16-17H,4-9,13-15,18-20H2,1-3H3;1H/q+1;/p-1. The number of nitrogens with zero attached hydrogens (tertiary/aromatic N) is 1. The van der Waals surface area contributed by atoms with Crippen LogP contribution in [-0.4, -0.2) is 30.7 Å². The molecule has 0 bridgehead atoms. The first-order valence-electron chi connectivity index (χ1n) is 9.65. The molecule has 1 aromatic carbocycles. The summed E-state index contributed by atoms with van der Waals surface area (Å²) in [6.45, 7) is 12.4. The van der Waals surface area contributed by atoms with E-state index in [1.165, 1.54) is 87.6 Å². The third-order valence-corrected chi connectivity index (χ3v) is 5.27. The van der Waals surface area contributed by atoms with Crippen molar-refractivity contribution in [2.45, 2.75) is 72.1 Å². The van der Waals surface area contributed by atoms with Crippen molar-refractivity contribution in [1.29, 1.82) is 0 Å². The van der Waals surface area contributed by atoms with E-state index in [0.29, 0.717) is 0 Å². The van der Waals surface area contributed by atoms with Crippen LogP contribution in [0.4, 0.5) is 0 Å². The molecular weight excluding hydrogens is 346 g/mol. The van der Waals surface area contributed by atoms with E-state index in [1.807, 2.05) is 0 Å². The van der Waals surface area contributed by atoms with Crippen molar-refractivity contribution >= 4 is 0 Å². The molecule has 134 valence electrons. The zero-order chi connectivity index (χ0) is 16.1. The molecule has 0 radical (unpaired) electrons. The Hall–Kier alpha value is -0.340. The molecule has 0 saturated carbocycles. The number of rotatable bonds is 13. The van der Waals surface area contributed by atoms with Gasteiger partial charge in [0.05, 0.1) is 26.2 Å². The molecule has 0 unspecified atom stereocenters. The quantitative estimate of drug-likeness (QED) is 0.362. The van der Waals surface area contributed by atoms with Crippen molar-refractivity contribution in [3.05, 3.63) is 35.9 Å². The van der Waals surface area contributed by atoms with Crippen molar-refractivity contribution in [2.75, 3.05) is 26.2 Å². The molecular formula is C21H38BrN. The van der Waals surface area contributed by atoms with E-state index in [-0.39, 0.29) is 17.0 Å². The second-order valence-electron chi connectivity index (χ2n) is 6.78. The Morgan fingerprint density at radius 3 is 1.83 bits per heavy atom. The molecule has 23 heavy (non-hydrogen) atoms. The Morgan fingerprint density at radius 1 is 0.696 bits per heavy atom. The van der Waals surface area contributed by atoms with Crippen molar-refractivity contribution in [3.63, 3.8) is 0 Å². The van der Waals surface area contributed by atoms with E-state index in [4.69, 9.17) is 0 Å². The number of hydrogen-bond donors (Lipinski definition) is 0. The number of quaternary nitrogens is 1. The van der Waals surface area contributed by atoms with E-state index >= 15 is 0 Å². The van der Waals surface area contributed by atoms with Gasteiger partial charge in [0.2, 0.25) is 0 Å². The second-order valence-corrected chi connectivity index (χ2v) is 6.78. The summed E-state index contributed by atoms with van der Waals surface area (Å²) in [5.41, 5.74) is 1.49. The molecule has 1 nitrogen and oxygen atoms in total. The number of benzene rings is 1. The zero-order valence-corrected chi connectivity index (χ0v) is 17.3. The molecule has 0 spiro atoms. The van der Waals surface area contributed by atoms with Gasteiger partial charge in [-0.25, -0.2) is 0 Å².